The van der Waals surface area contributed by atoms with E-state index in [1.165, 1.54) is 0 Å². The van der Waals surface area contributed by atoms with Crippen LogP contribution in [0.2, 0.25) is 0 Å². The van der Waals surface area contributed by atoms with E-state index < -0.39 is 5.97 Å². The number of aromatic nitrogens is 3. The van der Waals surface area contributed by atoms with Crippen molar-refractivity contribution in [2.24, 2.45) is 0 Å². The molecule has 2 aromatic heterocycles. The van der Waals surface area contributed by atoms with Crippen LogP contribution in [0.5, 0.6) is 0 Å². The molecule has 3 aromatic rings. The lowest BCUT2D eigenvalue weighted by atomic mass is 10.0. The Morgan fingerprint density at radius 2 is 1.82 bits per heavy atom. The summed E-state index contributed by atoms with van der Waals surface area (Å²) < 4.78 is 1.86. The lowest BCUT2D eigenvalue weighted by Crippen LogP contribution is -2.44. The van der Waals surface area contributed by atoms with E-state index in [2.05, 4.69) is 26.9 Å². The Balaban J connectivity index is 1.72. The second-order valence-electron chi connectivity index (χ2n) is 7.64. The largest absolute Gasteiger partial charge is 0.478 e. The minimum absolute atomic E-state index is 0.145. The van der Waals surface area contributed by atoms with Gasteiger partial charge in [-0.3, -0.25) is 4.68 Å². The fourth-order valence-electron chi connectivity index (χ4n) is 3.68. The number of carboxylic acid groups (broad SMARTS) is 1. The van der Waals surface area contributed by atoms with Crippen molar-refractivity contribution in [3.05, 3.63) is 42.2 Å². The van der Waals surface area contributed by atoms with Crippen LogP contribution in [-0.4, -0.2) is 64.0 Å². The van der Waals surface area contributed by atoms with Crippen molar-refractivity contribution >= 4 is 22.7 Å². The zero-order valence-electron chi connectivity index (χ0n) is 16.5. The molecule has 0 spiro atoms. The molecule has 1 aliphatic heterocycles. The number of hydrogen-bond acceptors (Lipinski definition) is 5. The maximum atomic E-state index is 11.8. The number of aromatic carboxylic acids is 1. The van der Waals surface area contributed by atoms with Crippen molar-refractivity contribution in [2.75, 3.05) is 38.1 Å². The molecule has 3 heterocycles. The molecule has 1 saturated heterocycles. The molecule has 0 atom stereocenters. The van der Waals surface area contributed by atoms with Crippen LogP contribution in [0, 0.1) is 0 Å². The zero-order chi connectivity index (χ0) is 19.8. The summed E-state index contributed by atoms with van der Waals surface area (Å²) in [4.78, 5) is 21.0. The first-order valence-electron chi connectivity index (χ1n) is 9.58. The van der Waals surface area contributed by atoms with Gasteiger partial charge in [0.2, 0.25) is 0 Å². The molecule has 28 heavy (non-hydrogen) atoms. The molecule has 1 fully saturated rings. The second kappa shape index (κ2) is 7.24. The van der Waals surface area contributed by atoms with Gasteiger partial charge in [-0.2, -0.15) is 5.10 Å². The Bertz CT molecular complexity index is 1000. The monoisotopic (exact) mass is 379 g/mol. The van der Waals surface area contributed by atoms with Gasteiger partial charge in [0.1, 0.15) is 5.82 Å². The quantitative estimate of drug-likeness (QED) is 0.751. The van der Waals surface area contributed by atoms with E-state index in [1.54, 1.807) is 12.3 Å². The van der Waals surface area contributed by atoms with Crippen molar-refractivity contribution in [1.29, 1.82) is 0 Å². The summed E-state index contributed by atoms with van der Waals surface area (Å²) in [5, 5.41) is 14.7. The van der Waals surface area contributed by atoms with Gasteiger partial charge in [0.25, 0.3) is 0 Å². The number of carboxylic acids is 1. The van der Waals surface area contributed by atoms with E-state index in [-0.39, 0.29) is 11.6 Å². The Morgan fingerprint density at radius 3 is 2.43 bits per heavy atom. The highest BCUT2D eigenvalue weighted by Crippen LogP contribution is 2.30. The highest BCUT2D eigenvalue weighted by atomic mass is 16.4. The van der Waals surface area contributed by atoms with Gasteiger partial charge in [0.15, 0.2) is 0 Å². The van der Waals surface area contributed by atoms with E-state index in [4.69, 9.17) is 0 Å². The Hall–Kier alpha value is -2.93. The molecule has 0 bridgehead atoms. The summed E-state index contributed by atoms with van der Waals surface area (Å²) in [5.74, 6) is 0.0146. The molecule has 1 N–H and O–H groups in total. The third kappa shape index (κ3) is 3.33. The molecule has 146 valence electrons. The average Bonchev–Trinajstić information content (AvgIpc) is 3.12. The smallest absolute Gasteiger partial charge is 0.336 e. The number of rotatable bonds is 4. The molecular weight excluding hydrogens is 354 g/mol. The number of nitrogens with zero attached hydrogens (tertiary/aromatic N) is 5. The van der Waals surface area contributed by atoms with Crippen molar-refractivity contribution in [1.82, 2.24) is 19.7 Å². The van der Waals surface area contributed by atoms with Crippen molar-refractivity contribution < 1.29 is 9.90 Å². The number of piperazine rings is 1. The predicted octanol–water partition coefficient (Wildman–Crippen LogP) is 3.13. The predicted molar refractivity (Wildman–Crippen MR) is 110 cm³/mol. The van der Waals surface area contributed by atoms with Crippen LogP contribution in [0.1, 0.15) is 30.2 Å². The Labute approximate surface area is 164 Å². The molecule has 0 unspecified atom stereocenters. The van der Waals surface area contributed by atoms with Gasteiger partial charge in [-0.15, -0.1) is 0 Å². The van der Waals surface area contributed by atoms with Crippen LogP contribution < -0.4 is 4.90 Å². The van der Waals surface area contributed by atoms with Gasteiger partial charge in [-0.25, -0.2) is 9.78 Å². The molecule has 1 aromatic carbocycles. The van der Waals surface area contributed by atoms with E-state index in [0.29, 0.717) is 5.39 Å². The maximum absolute atomic E-state index is 11.8. The lowest BCUT2D eigenvalue weighted by molar-refractivity contribution is 0.0699. The number of fused-ring (bicyclic) bond motifs is 1. The van der Waals surface area contributed by atoms with Crippen LogP contribution in [0.3, 0.4) is 0 Å². The van der Waals surface area contributed by atoms with E-state index in [9.17, 15) is 9.90 Å². The van der Waals surface area contributed by atoms with Crippen LogP contribution in [0.4, 0.5) is 5.82 Å². The van der Waals surface area contributed by atoms with Gasteiger partial charge in [-0.05, 0) is 50.7 Å². The van der Waals surface area contributed by atoms with E-state index >= 15 is 0 Å². The summed E-state index contributed by atoms with van der Waals surface area (Å²) >= 11 is 0. The molecule has 0 aliphatic carbocycles. The third-order valence-electron chi connectivity index (χ3n) is 5.34. The molecule has 0 saturated carbocycles. The third-order valence-corrected chi connectivity index (χ3v) is 5.34. The Kier molecular flexibility index (Phi) is 4.77. The average molecular weight is 379 g/mol. The number of pyridine rings is 1. The molecule has 0 radical (unpaired) electrons. The summed E-state index contributed by atoms with van der Waals surface area (Å²) in [5.41, 5.74) is 2.83. The summed E-state index contributed by atoms with van der Waals surface area (Å²) in [6.07, 6.45) is 3.47. The zero-order valence-corrected chi connectivity index (χ0v) is 16.5. The summed E-state index contributed by atoms with van der Waals surface area (Å²) in [7, 11) is 2.13. The first-order chi connectivity index (χ1) is 13.4. The highest BCUT2D eigenvalue weighted by molar-refractivity contribution is 6.04. The van der Waals surface area contributed by atoms with Crippen LogP contribution in [0.25, 0.3) is 22.0 Å². The minimum Gasteiger partial charge on any atom is -0.478 e. The number of likely N-dealkylation sites (N-methyl/N-ethyl adjacent to an activating group) is 1. The number of anilines is 1. The van der Waals surface area contributed by atoms with Gasteiger partial charge in [-0.1, -0.05) is 0 Å². The Morgan fingerprint density at radius 1 is 1.07 bits per heavy atom. The topological polar surface area (TPSA) is 74.5 Å². The van der Waals surface area contributed by atoms with Crippen molar-refractivity contribution in [2.45, 2.75) is 19.9 Å². The fraction of sp³-hybridized carbons (Fsp3) is 0.381. The number of benzene rings is 1. The lowest BCUT2D eigenvalue weighted by Gasteiger charge is -2.33. The molecule has 7 nitrogen and oxygen atoms in total. The first kappa shape index (κ1) is 18.4. The second-order valence-corrected chi connectivity index (χ2v) is 7.64. The number of carbonyl (C=O) groups is 1. The van der Waals surface area contributed by atoms with Gasteiger partial charge in [0, 0.05) is 49.4 Å². The fourth-order valence-corrected chi connectivity index (χ4v) is 3.68. The van der Waals surface area contributed by atoms with Crippen LogP contribution in [0.15, 0.2) is 36.7 Å². The molecule has 1 aliphatic rings. The first-order valence-corrected chi connectivity index (χ1v) is 9.58. The normalized spacial score (nSPS) is 15.5. The maximum Gasteiger partial charge on any atom is 0.336 e. The summed E-state index contributed by atoms with van der Waals surface area (Å²) in [6.45, 7) is 8.05. The minimum atomic E-state index is -0.947. The SMILES string of the molecule is CC(C)n1ncc2c(C(=O)O)cc(-c3ccc(N4CCN(C)CC4)nc3)cc21. The molecular formula is C21H25N5O2. The van der Waals surface area contributed by atoms with Gasteiger partial charge >= 0.3 is 5.97 Å². The standard InChI is InChI=1S/C21H25N5O2/c1-14(2)26-19-11-16(10-17(21(27)28)18(19)13-23-26)15-4-5-20(22-12-15)25-8-6-24(3)7-9-25/h4-5,10-14H,6-9H2,1-3H3,(H,27,28). The van der Waals surface area contributed by atoms with Gasteiger partial charge in [0.05, 0.1) is 17.3 Å². The number of hydrogen-bond donors (Lipinski definition) is 1. The highest BCUT2D eigenvalue weighted by Gasteiger charge is 2.18. The molecule has 0 amide bonds. The van der Waals surface area contributed by atoms with Crippen LogP contribution in [-0.2, 0) is 0 Å². The van der Waals surface area contributed by atoms with E-state index in [1.807, 2.05) is 42.9 Å². The summed E-state index contributed by atoms with van der Waals surface area (Å²) in [6, 6.07) is 7.89. The molecule has 7 heteroatoms. The van der Waals surface area contributed by atoms with Crippen LogP contribution >= 0.6 is 0 Å². The molecule has 4 rings (SSSR count). The van der Waals surface area contributed by atoms with Crippen molar-refractivity contribution in [3.8, 4) is 11.1 Å². The van der Waals surface area contributed by atoms with Crippen molar-refractivity contribution in [3.63, 3.8) is 0 Å². The van der Waals surface area contributed by atoms with Gasteiger partial charge < -0.3 is 14.9 Å². The van der Waals surface area contributed by atoms with E-state index in [0.717, 1.165) is 48.6 Å².